The van der Waals surface area contributed by atoms with Crippen molar-refractivity contribution in [2.24, 2.45) is 0 Å². The average molecular weight is 640 g/mol. The number of fused-ring (bicyclic) bond motifs is 6. The predicted molar refractivity (Wildman–Crippen MR) is 137 cm³/mol. The standard InChI is InChI=1S/C27H14Br2F6N2/c28-17-11-15-16-12-18(29)37-24(14-9-5-2-6-10-14)20(16)22-21(25(30,31)27(34,35)26(22,32)33)19(15)23(36-17)13-7-3-1-4-8-13/h1-7,9,11-12H,8,10H2. The molecule has 2 heterocycles. The van der Waals surface area contributed by atoms with E-state index in [0.29, 0.717) is 11.1 Å². The van der Waals surface area contributed by atoms with Crippen molar-refractivity contribution in [2.45, 2.75) is 30.6 Å². The van der Waals surface area contributed by atoms with Crippen molar-refractivity contribution in [1.29, 1.82) is 0 Å². The molecule has 3 aromatic rings. The van der Waals surface area contributed by atoms with Crippen molar-refractivity contribution < 1.29 is 26.3 Å². The van der Waals surface area contributed by atoms with E-state index in [0.717, 1.165) is 0 Å². The zero-order valence-corrected chi connectivity index (χ0v) is 21.8. The van der Waals surface area contributed by atoms with E-state index in [-0.39, 0.29) is 43.5 Å². The Labute approximate surface area is 222 Å². The van der Waals surface area contributed by atoms with Crippen LogP contribution in [-0.2, 0) is 11.8 Å². The quantitative estimate of drug-likeness (QED) is 0.145. The van der Waals surface area contributed by atoms with Crippen molar-refractivity contribution in [2.75, 3.05) is 0 Å². The minimum Gasteiger partial charge on any atom is -0.241 e. The number of benzene rings is 1. The summed E-state index contributed by atoms with van der Waals surface area (Å²) in [5, 5.41) is -0.770. The number of rotatable bonds is 0. The highest BCUT2D eigenvalue weighted by atomic mass is 79.9. The number of aromatic nitrogens is 2. The average Bonchev–Trinajstić information content (AvgIpc) is 2.98. The van der Waals surface area contributed by atoms with Crippen LogP contribution in [0.3, 0.4) is 0 Å². The van der Waals surface area contributed by atoms with Gasteiger partial charge < -0.3 is 0 Å². The molecule has 0 unspecified atom stereocenters. The number of hydrogen-bond donors (Lipinski definition) is 0. The first-order valence-electron chi connectivity index (χ1n) is 11.2. The SMILES string of the molecule is FC1(F)c2c(c3c(=C4C=CC=CC4)nc(Br)cc3c3cc(Br)nc(=C4C=CC=CC4)c23)C(F)(F)C1(F)F. The van der Waals surface area contributed by atoms with Crippen LogP contribution >= 0.6 is 31.9 Å². The number of halogens is 8. The third-order valence-corrected chi connectivity index (χ3v) is 7.62. The van der Waals surface area contributed by atoms with Crippen LogP contribution in [0.5, 0.6) is 0 Å². The molecule has 0 spiro atoms. The highest BCUT2D eigenvalue weighted by molar-refractivity contribution is 9.10. The zero-order chi connectivity index (χ0) is 26.3. The summed E-state index contributed by atoms with van der Waals surface area (Å²) in [6, 6.07) is 2.79. The molecule has 2 nitrogen and oxygen atoms in total. The van der Waals surface area contributed by atoms with E-state index in [1.807, 2.05) is 0 Å². The van der Waals surface area contributed by atoms with Gasteiger partial charge in [0.25, 0.3) is 0 Å². The molecular weight excluding hydrogens is 626 g/mol. The first-order chi connectivity index (χ1) is 17.5. The van der Waals surface area contributed by atoms with Gasteiger partial charge in [-0.2, -0.15) is 26.3 Å². The van der Waals surface area contributed by atoms with Crippen molar-refractivity contribution in [3.05, 3.63) is 91.8 Å². The Morgan fingerprint density at radius 3 is 1.38 bits per heavy atom. The maximum atomic E-state index is 15.6. The van der Waals surface area contributed by atoms with Crippen LogP contribution in [0.4, 0.5) is 26.3 Å². The number of pyridine rings is 2. The highest BCUT2D eigenvalue weighted by Crippen LogP contribution is 2.65. The Hall–Kier alpha value is -2.72. The van der Waals surface area contributed by atoms with Crippen LogP contribution in [0.1, 0.15) is 24.0 Å². The molecule has 0 saturated carbocycles. The predicted octanol–water partition coefficient (Wildman–Crippen LogP) is 7.47. The summed E-state index contributed by atoms with van der Waals surface area (Å²) in [6.45, 7) is 0. The van der Waals surface area contributed by atoms with Gasteiger partial charge in [-0.3, -0.25) is 0 Å². The topological polar surface area (TPSA) is 25.8 Å². The lowest BCUT2D eigenvalue weighted by Gasteiger charge is -2.23. The van der Waals surface area contributed by atoms with Gasteiger partial charge in [0, 0.05) is 21.9 Å². The van der Waals surface area contributed by atoms with Gasteiger partial charge in [0.1, 0.15) is 9.21 Å². The molecule has 2 aromatic heterocycles. The van der Waals surface area contributed by atoms with Crippen LogP contribution in [0.2, 0.25) is 0 Å². The smallest absolute Gasteiger partial charge is 0.241 e. The van der Waals surface area contributed by atoms with E-state index in [2.05, 4.69) is 41.8 Å². The van der Waals surface area contributed by atoms with E-state index in [9.17, 15) is 0 Å². The minimum absolute atomic E-state index is 0.0565. The largest absolute Gasteiger partial charge is 0.380 e. The number of allylic oxidation sites excluding steroid dienone is 8. The molecule has 1 aromatic carbocycles. The maximum absolute atomic E-state index is 15.6. The summed E-state index contributed by atoms with van der Waals surface area (Å²) in [6.07, 6.45) is 14.0. The number of alkyl halides is 6. The van der Waals surface area contributed by atoms with Gasteiger partial charge in [-0.05, 0) is 78.8 Å². The molecule has 0 radical (unpaired) electrons. The van der Waals surface area contributed by atoms with Crippen LogP contribution in [-0.4, -0.2) is 15.9 Å². The van der Waals surface area contributed by atoms with Gasteiger partial charge in [0.15, 0.2) is 0 Å². The molecule has 3 aliphatic rings. The second-order valence-corrected chi connectivity index (χ2v) is 10.6. The molecule has 0 bridgehead atoms. The molecule has 0 N–H and O–H groups in total. The molecule has 37 heavy (non-hydrogen) atoms. The summed E-state index contributed by atoms with van der Waals surface area (Å²) in [5.41, 5.74) is -1.94. The van der Waals surface area contributed by atoms with E-state index in [4.69, 9.17) is 0 Å². The molecule has 188 valence electrons. The fourth-order valence-corrected chi connectivity index (χ4v) is 6.00. The fourth-order valence-electron chi connectivity index (χ4n) is 5.19. The Bertz CT molecular complexity index is 1660. The second kappa shape index (κ2) is 8.14. The molecule has 0 atom stereocenters. The van der Waals surface area contributed by atoms with Gasteiger partial charge in [-0.25, -0.2) is 9.97 Å². The lowest BCUT2D eigenvalue weighted by atomic mass is 9.90. The molecule has 0 aliphatic heterocycles. The highest BCUT2D eigenvalue weighted by Gasteiger charge is 2.80. The lowest BCUT2D eigenvalue weighted by Crippen LogP contribution is -2.43. The van der Waals surface area contributed by atoms with Gasteiger partial charge in [0.2, 0.25) is 0 Å². The van der Waals surface area contributed by atoms with Crippen LogP contribution in [0.25, 0.3) is 32.7 Å². The fraction of sp³-hybridized carbons (Fsp3) is 0.185. The first kappa shape index (κ1) is 24.6. The van der Waals surface area contributed by atoms with Crippen molar-refractivity contribution in [1.82, 2.24) is 9.97 Å². The van der Waals surface area contributed by atoms with Crippen molar-refractivity contribution in [3.8, 4) is 0 Å². The molecule has 0 saturated heterocycles. The summed E-state index contributed by atoms with van der Waals surface area (Å²) in [7, 11) is 0. The van der Waals surface area contributed by atoms with Gasteiger partial charge in [-0.15, -0.1) is 0 Å². The minimum atomic E-state index is -5.67. The summed E-state index contributed by atoms with van der Waals surface area (Å²) < 4.78 is 92.9. The molecular formula is C27H14Br2F6N2. The maximum Gasteiger partial charge on any atom is 0.380 e. The van der Waals surface area contributed by atoms with E-state index in [1.54, 1.807) is 48.6 Å². The Balaban J connectivity index is 2.01. The van der Waals surface area contributed by atoms with Crippen LogP contribution < -0.4 is 10.7 Å². The Morgan fingerprint density at radius 2 is 1.03 bits per heavy atom. The van der Waals surface area contributed by atoms with Crippen molar-refractivity contribution >= 4 is 64.6 Å². The van der Waals surface area contributed by atoms with Gasteiger partial charge in [-0.1, -0.05) is 48.6 Å². The Kier molecular flexibility index (Phi) is 5.41. The third-order valence-electron chi connectivity index (χ3n) is 6.81. The molecule has 0 fully saturated rings. The van der Waals surface area contributed by atoms with E-state index < -0.39 is 39.7 Å². The third kappa shape index (κ3) is 3.30. The second-order valence-electron chi connectivity index (χ2n) is 8.94. The summed E-state index contributed by atoms with van der Waals surface area (Å²) in [4.78, 5) is 8.65. The monoisotopic (exact) mass is 638 g/mol. The molecule has 0 amide bonds. The van der Waals surface area contributed by atoms with Crippen LogP contribution in [0, 0.1) is 0 Å². The molecule has 3 aliphatic carbocycles. The number of nitrogens with zero attached hydrogens (tertiary/aromatic N) is 2. The van der Waals surface area contributed by atoms with Crippen LogP contribution in [0.15, 0.2) is 69.9 Å². The molecule has 10 heteroatoms. The van der Waals surface area contributed by atoms with Gasteiger partial charge >= 0.3 is 17.8 Å². The van der Waals surface area contributed by atoms with Gasteiger partial charge in [0.05, 0.1) is 10.7 Å². The lowest BCUT2D eigenvalue weighted by molar-refractivity contribution is -0.301. The summed E-state index contributed by atoms with van der Waals surface area (Å²) >= 11 is 6.60. The van der Waals surface area contributed by atoms with Crippen molar-refractivity contribution in [3.63, 3.8) is 0 Å². The van der Waals surface area contributed by atoms with E-state index in [1.165, 1.54) is 12.1 Å². The number of hydrogen-bond acceptors (Lipinski definition) is 2. The van der Waals surface area contributed by atoms with E-state index >= 15 is 26.3 Å². The summed E-state index contributed by atoms with van der Waals surface area (Å²) in [5.74, 6) is -16.0. The first-order valence-corrected chi connectivity index (χ1v) is 12.7. The zero-order valence-electron chi connectivity index (χ0n) is 18.6. The molecule has 6 rings (SSSR count). The Morgan fingerprint density at radius 1 is 0.622 bits per heavy atom. The normalized spacial score (nSPS) is 23.8.